The van der Waals surface area contributed by atoms with Crippen LogP contribution in [-0.4, -0.2) is 14.1 Å². The molecule has 0 aliphatic heterocycles. The molecule has 0 amide bonds. The van der Waals surface area contributed by atoms with Crippen molar-refractivity contribution in [2.45, 2.75) is 19.9 Å². The zero-order valence-corrected chi connectivity index (χ0v) is 11.4. The van der Waals surface area contributed by atoms with Crippen molar-refractivity contribution in [3.63, 3.8) is 0 Å². The highest BCUT2D eigenvalue weighted by molar-refractivity contribution is 5.69. The van der Waals surface area contributed by atoms with Crippen molar-refractivity contribution in [3.05, 3.63) is 47.9 Å². The summed E-state index contributed by atoms with van der Waals surface area (Å²) in [7, 11) is 4.09. The van der Waals surface area contributed by atoms with Gasteiger partial charge in [0, 0.05) is 14.1 Å². The van der Waals surface area contributed by atoms with Gasteiger partial charge in [0.1, 0.15) is 11.5 Å². The summed E-state index contributed by atoms with van der Waals surface area (Å²) in [4.78, 5) is 2.10. The van der Waals surface area contributed by atoms with Gasteiger partial charge in [-0.25, -0.2) is 0 Å². The molecule has 0 saturated heterocycles. The van der Waals surface area contributed by atoms with Crippen LogP contribution < -0.4 is 10.2 Å². The van der Waals surface area contributed by atoms with Gasteiger partial charge >= 0.3 is 0 Å². The van der Waals surface area contributed by atoms with E-state index in [2.05, 4.69) is 29.3 Å². The molecule has 0 aliphatic carbocycles. The Kier molecular flexibility index (Phi) is 3.60. The average molecular weight is 244 g/mol. The predicted molar refractivity (Wildman–Crippen MR) is 76.3 cm³/mol. The Morgan fingerprint density at radius 3 is 2.44 bits per heavy atom. The number of benzene rings is 1. The molecule has 1 aromatic carbocycles. The average Bonchev–Trinajstić information content (AvgIpc) is 2.76. The number of hydrogen-bond donors (Lipinski definition) is 1. The zero-order chi connectivity index (χ0) is 13.1. The van der Waals surface area contributed by atoms with Crippen LogP contribution in [0.15, 0.2) is 40.8 Å². The number of aryl methyl sites for hydroxylation is 1. The van der Waals surface area contributed by atoms with Crippen LogP contribution >= 0.6 is 0 Å². The summed E-state index contributed by atoms with van der Waals surface area (Å²) in [6.07, 6.45) is 0. The molecule has 0 aliphatic rings. The molecule has 2 aromatic rings. The maximum absolute atomic E-state index is 5.64. The number of para-hydroxylation sites is 2. The molecule has 1 N–H and O–H groups in total. The third-order valence-electron chi connectivity index (χ3n) is 2.95. The summed E-state index contributed by atoms with van der Waals surface area (Å²) in [5.74, 6) is 1.90. The summed E-state index contributed by atoms with van der Waals surface area (Å²) >= 11 is 0. The van der Waals surface area contributed by atoms with Crippen molar-refractivity contribution in [1.82, 2.24) is 0 Å². The third kappa shape index (κ3) is 2.67. The number of nitrogens with zero attached hydrogens (tertiary/aromatic N) is 1. The second kappa shape index (κ2) is 5.17. The van der Waals surface area contributed by atoms with E-state index in [1.165, 1.54) is 5.69 Å². The Morgan fingerprint density at radius 1 is 1.11 bits per heavy atom. The fourth-order valence-electron chi connectivity index (χ4n) is 1.98. The lowest BCUT2D eigenvalue weighted by atomic mass is 10.2. The molecule has 1 heterocycles. The molecule has 3 heteroatoms. The number of nitrogens with one attached hydrogen (secondary N) is 1. The molecule has 1 aromatic heterocycles. The Morgan fingerprint density at radius 2 is 1.83 bits per heavy atom. The fourth-order valence-corrected chi connectivity index (χ4v) is 1.98. The second-order valence-electron chi connectivity index (χ2n) is 4.73. The minimum atomic E-state index is 0.153. The maximum Gasteiger partial charge on any atom is 0.126 e. The Labute approximate surface area is 108 Å². The smallest absolute Gasteiger partial charge is 0.126 e. The van der Waals surface area contributed by atoms with Crippen LogP contribution in [0.25, 0.3) is 0 Å². The second-order valence-corrected chi connectivity index (χ2v) is 4.73. The van der Waals surface area contributed by atoms with E-state index in [1.807, 2.05) is 45.3 Å². The van der Waals surface area contributed by atoms with Crippen molar-refractivity contribution in [3.8, 4) is 0 Å². The molecular weight excluding hydrogens is 224 g/mol. The summed E-state index contributed by atoms with van der Waals surface area (Å²) < 4.78 is 5.64. The number of anilines is 2. The first-order valence-corrected chi connectivity index (χ1v) is 6.17. The van der Waals surface area contributed by atoms with Gasteiger partial charge in [0.05, 0.1) is 17.4 Å². The van der Waals surface area contributed by atoms with Gasteiger partial charge < -0.3 is 14.6 Å². The van der Waals surface area contributed by atoms with Gasteiger partial charge in [-0.05, 0) is 38.1 Å². The van der Waals surface area contributed by atoms with Crippen LogP contribution in [0, 0.1) is 6.92 Å². The molecule has 96 valence electrons. The van der Waals surface area contributed by atoms with Gasteiger partial charge in [-0.15, -0.1) is 0 Å². The Bertz CT molecular complexity index is 517. The molecule has 0 radical (unpaired) electrons. The van der Waals surface area contributed by atoms with E-state index in [1.54, 1.807) is 0 Å². The van der Waals surface area contributed by atoms with E-state index in [4.69, 9.17) is 4.42 Å². The lowest BCUT2D eigenvalue weighted by Crippen LogP contribution is -2.13. The van der Waals surface area contributed by atoms with Gasteiger partial charge in [-0.3, -0.25) is 0 Å². The highest BCUT2D eigenvalue weighted by Crippen LogP contribution is 2.28. The van der Waals surface area contributed by atoms with Gasteiger partial charge in [-0.2, -0.15) is 0 Å². The van der Waals surface area contributed by atoms with Gasteiger partial charge in [0.15, 0.2) is 0 Å². The van der Waals surface area contributed by atoms with Gasteiger partial charge in [0.2, 0.25) is 0 Å². The van der Waals surface area contributed by atoms with Crippen LogP contribution in [0.1, 0.15) is 24.5 Å². The molecule has 3 nitrogen and oxygen atoms in total. The largest absolute Gasteiger partial charge is 0.464 e. The van der Waals surface area contributed by atoms with Crippen molar-refractivity contribution in [2.75, 3.05) is 24.3 Å². The quantitative estimate of drug-likeness (QED) is 0.886. The monoisotopic (exact) mass is 244 g/mol. The summed E-state index contributed by atoms with van der Waals surface area (Å²) in [5, 5.41) is 3.49. The van der Waals surface area contributed by atoms with Gasteiger partial charge in [0.25, 0.3) is 0 Å². The van der Waals surface area contributed by atoms with Crippen molar-refractivity contribution >= 4 is 11.4 Å². The Hall–Kier alpha value is -1.90. The molecule has 18 heavy (non-hydrogen) atoms. The molecule has 1 atom stereocenters. The normalized spacial score (nSPS) is 12.2. The van der Waals surface area contributed by atoms with Crippen LogP contribution in [0.4, 0.5) is 11.4 Å². The van der Waals surface area contributed by atoms with E-state index in [0.29, 0.717) is 0 Å². The molecular formula is C15H20N2O. The van der Waals surface area contributed by atoms with Crippen molar-refractivity contribution < 1.29 is 4.42 Å². The highest BCUT2D eigenvalue weighted by atomic mass is 16.3. The zero-order valence-electron chi connectivity index (χ0n) is 11.4. The van der Waals surface area contributed by atoms with Crippen LogP contribution in [0.2, 0.25) is 0 Å². The number of furan rings is 1. The van der Waals surface area contributed by atoms with E-state index in [-0.39, 0.29) is 6.04 Å². The SMILES string of the molecule is Cc1ccc(C(C)Nc2ccccc2N(C)C)o1. The molecule has 0 spiro atoms. The standard InChI is InChI=1S/C15H20N2O/c1-11-9-10-15(18-11)12(2)16-13-7-5-6-8-14(13)17(3)4/h5-10,12,16H,1-4H3. The summed E-state index contributed by atoms with van der Waals surface area (Å²) in [6, 6.07) is 12.4. The number of hydrogen-bond acceptors (Lipinski definition) is 3. The van der Waals surface area contributed by atoms with Crippen molar-refractivity contribution in [1.29, 1.82) is 0 Å². The van der Waals surface area contributed by atoms with Crippen molar-refractivity contribution in [2.24, 2.45) is 0 Å². The minimum absolute atomic E-state index is 0.153. The summed E-state index contributed by atoms with van der Waals surface area (Å²) in [5.41, 5.74) is 2.29. The minimum Gasteiger partial charge on any atom is -0.464 e. The van der Waals surface area contributed by atoms with Gasteiger partial charge in [-0.1, -0.05) is 12.1 Å². The lowest BCUT2D eigenvalue weighted by molar-refractivity contribution is 0.467. The third-order valence-corrected chi connectivity index (χ3v) is 2.95. The van der Waals surface area contributed by atoms with E-state index in [9.17, 15) is 0 Å². The molecule has 2 rings (SSSR count). The molecule has 0 fully saturated rings. The van der Waals surface area contributed by atoms with E-state index >= 15 is 0 Å². The molecule has 0 saturated carbocycles. The highest BCUT2D eigenvalue weighted by Gasteiger charge is 2.11. The topological polar surface area (TPSA) is 28.4 Å². The van der Waals surface area contributed by atoms with Crippen LogP contribution in [0.3, 0.4) is 0 Å². The molecule has 1 unspecified atom stereocenters. The maximum atomic E-state index is 5.64. The predicted octanol–water partition coefficient (Wildman–Crippen LogP) is 3.83. The van der Waals surface area contributed by atoms with E-state index < -0.39 is 0 Å². The van der Waals surface area contributed by atoms with Crippen LogP contribution in [0.5, 0.6) is 0 Å². The first-order valence-electron chi connectivity index (χ1n) is 6.17. The Balaban J connectivity index is 2.19. The lowest BCUT2D eigenvalue weighted by Gasteiger charge is -2.20. The fraction of sp³-hybridized carbons (Fsp3) is 0.333. The first kappa shape index (κ1) is 12.6. The van der Waals surface area contributed by atoms with E-state index in [0.717, 1.165) is 17.2 Å². The first-order chi connectivity index (χ1) is 8.58. The molecule has 0 bridgehead atoms. The van der Waals surface area contributed by atoms with Crippen LogP contribution in [-0.2, 0) is 0 Å². The number of rotatable bonds is 4. The summed E-state index contributed by atoms with van der Waals surface area (Å²) in [6.45, 7) is 4.06.